The Hall–Kier alpha value is -1.95. The minimum absolute atomic E-state index is 0.0376. The quantitative estimate of drug-likeness (QED) is 0.914. The Labute approximate surface area is 141 Å². The topological polar surface area (TPSA) is 60.9 Å². The number of carboxylic acid groups (broad SMARTS) is 1. The third kappa shape index (κ3) is 3.75. The Bertz CT molecular complexity index is 616. The summed E-state index contributed by atoms with van der Waals surface area (Å²) in [6, 6.07) is 5.36. The van der Waals surface area contributed by atoms with Crippen LogP contribution in [0.15, 0.2) is 24.3 Å². The fraction of sp³-hybridized carbons (Fsp3) is 0.556. The number of carbonyl (C=O) groups excluding carboxylic acids is 1. The molecule has 24 heavy (non-hydrogen) atoms. The van der Waals surface area contributed by atoms with E-state index in [-0.39, 0.29) is 24.2 Å². The number of amides is 1. The lowest BCUT2D eigenvalue weighted by atomic mass is 9.95. The highest BCUT2D eigenvalue weighted by atomic mass is 19.1. The third-order valence-electron chi connectivity index (χ3n) is 5.08. The lowest BCUT2D eigenvalue weighted by Crippen LogP contribution is -2.54. The molecule has 0 saturated carbocycles. The molecule has 1 aromatic carbocycles. The van der Waals surface area contributed by atoms with E-state index < -0.39 is 12.0 Å². The zero-order valence-corrected chi connectivity index (χ0v) is 13.7. The SMILES string of the molecule is O=C(O)[C@@H]1C[C@@H](N2CCCC2)CCN1C(=O)Cc1cccc(F)c1. The number of piperidine rings is 1. The molecule has 0 unspecified atom stereocenters. The van der Waals surface area contributed by atoms with E-state index in [2.05, 4.69) is 4.90 Å². The van der Waals surface area contributed by atoms with Gasteiger partial charge in [0, 0.05) is 12.6 Å². The lowest BCUT2D eigenvalue weighted by Gasteiger charge is -2.40. The smallest absolute Gasteiger partial charge is 0.326 e. The van der Waals surface area contributed by atoms with Crippen molar-refractivity contribution in [2.24, 2.45) is 0 Å². The first-order valence-electron chi connectivity index (χ1n) is 8.55. The average Bonchev–Trinajstić information content (AvgIpc) is 3.08. The van der Waals surface area contributed by atoms with Crippen molar-refractivity contribution in [2.75, 3.05) is 19.6 Å². The fourth-order valence-corrected chi connectivity index (χ4v) is 3.84. The molecule has 6 heteroatoms. The van der Waals surface area contributed by atoms with E-state index in [1.165, 1.54) is 17.0 Å². The van der Waals surface area contributed by atoms with Gasteiger partial charge in [-0.15, -0.1) is 0 Å². The van der Waals surface area contributed by atoms with Crippen molar-refractivity contribution in [3.8, 4) is 0 Å². The van der Waals surface area contributed by atoms with Crippen molar-refractivity contribution >= 4 is 11.9 Å². The van der Waals surface area contributed by atoms with E-state index in [0.29, 0.717) is 18.5 Å². The van der Waals surface area contributed by atoms with Crippen LogP contribution < -0.4 is 0 Å². The van der Waals surface area contributed by atoms with Crippen molar-refractivity contribution in [1.82, 2.24) is 9.80 Å². The second-order valence-corrected chi connectivity index (χ2v) is 6.67. The number of likely N-dealkylation sites (tertiary alicyclic amines) is 2. The van der Waals surface area contributed by atoms with Gasteiger partial charge in [-0.1, -0.05) is 12.1 Å². The summed E-state index contributed by atoms with van der Waals surface area (Å²) in [4.78, 5) is 28.0. The van der Waals surface area contributed by atoms with Gasteiger partial charge in [0.2, 0.25) is 5.91 Å². The van der Waals surface area contributed by atoms with Crippen molar-refractivity contribution in [2.45, 2.75) is 44.2 Å². The summed E-state index contributed by atoms with van der Waals surface area (Å²) in [5.74, 6) is -1.58. The van der Waals surface area contributed by atoms with E-state index >= 15 is 0 Å². The minimum atomic E-state index is -0.952. The highest BCUT2D eigenvalue weighted by Gasteiger charge is 2.38. The highest BCUT2D eigenvalue weighted by Crippen LogP contribution is 2.26. The summed E-state index contributed by atoms with van der Waals surface area (Å²) in [7, 11) is 0. The number of aliphatic carboxylic acids is 1. The van der Waals surface area contributed by atoms with Crippen LogP contribution in [0, 0.1) is 5.82 Å². The van der Waals surface area contributed by atoms with Gasteiger partial charge in [-0.2, -0.15) is 0 Å². The van der Waals surface area contributed by atoms with E-state index in [0.717, 1.165) is 32.4 Å². The van der Waals surface area contributed by atoms with Crippen LogP contribution in [0.2, 0.25) is 0 Å². The predicted molar refractivity (Wildman–Crippen MR) is 87.1 cm³/mol. The molecule has 0 radical (unpaired) electrons. The van der Waals surface area contributed by atoms with Gasteiger partial charge in [-0.25, -0.2) is 9.18 Å². The average molecular weight is 334 g/mol. The third-order valence-corrected chi connectivity index (χ3v) is 5.08. The standard InChI is InChI=1S/C18H23FN2O3/c19-14-5-3-4-13(10-14)11-17(22)21-9-6-15(12-16(21)18(23)24)20-7-1-2-8-20/h3-5,10,15-16H,1-2,6-9,11-12H2,(H,23,24)/t15-,16-/m0/s1. The maximum atomic E-state index is 13.3. The van der Waals surface area contributed by atoms with E-state index in [4.69, 9.17) is 0 Å². The molecule has 2 aliphatic heterocycles. The molecule has 1 aromatic rings. The minimum Gasteiger partial charge on any atom is -0.480 e. The van der Waals surface area contributed by atoms with E-state index in [9.17, 15) is 19.1 Å². The van der Waals surface area contributed by atoms with Gasteiger partial charge >= 0.3 is 5.97 Å². The van der Waals surface area contributed by atoms with E-state index in [1.54, 1.807) is 12.1 Å². The second-order valence-electron chi connectivity index (χ2n) is 6.67. The molecule has 5 nitrogen and oxygen atoms in total. The van der Waals surface area contributed by atoms with Crippen LogP contribution in [0.3, 0.4) is 0 Å². The summed E-state index contributed by atoms with van der Waals surface area (Å²) in [5, 5.41) is 9.56. The Balaban J connectivity index is 1.67. The number of rotatable bonds is 4. The van der Waals surface area contributed by atoms with Gasteiger partial charge in [0.05, 0.1) is 6.42 Å². The first kappa shape index (κ1) is 16.9. The summed E-state index contributed by atoms with van der Waals surface area (Å²) < 4.78 is 13.3. The van der Waals surface area contributed by atoms with Gasteiger partial charge in [0.15, 0.2) is 0 Å². The van der Waals surface area contributed by atoms with Crippen LogP contribution in [-0.2, 0) is 16.0 Å². The molecule has 2 saturated heterocycles. The van der Waals surface area contributed by atoms with Crippen molar-refractivity contribution in [3.63, 3.8) is 0 Å². The molecule has 1 N–H and O–H groups in total. The molecule has 2 atom stereocenters. The van der Waals surface area contributed by atoms with Gasteiger partial charge < -0.3 is 14.9 Å². The van der Waals surface area contributed by atoms with Crippen molar-refractivity contribution in [3.05, 3.63) is 35.6 Å². The summed E-state index contributed by atoms with van der Waals surface area (Å²) >= 11 is 0. The van der Waals surface area contributed by atoms with Gasteiger partial charge in [-0.3, -0.25) is 4.79 Å². The monoisotopic (exact) mass is 334 g/mol. The molecular formula is C18H23FN2O3. The Morgan fingerprint density at radius 2 is 1.96 bits per heavy atom. The van der Waals surface area contributed by atoms with Crippen molar-refractivity contribution < 1.29 is 19.1 Å². The molecule has 3 rings (SSSR count). The zero-order valence-electron chi connectivity index (χ0n) is 13.7. The molecule has 0 aromatic heterocycles. The second kappa shape index (κ2) is 7.30. The molecule has 0 spiro atoms. The van der Waals surface area contributed by atoms with Crippen molar-refractivity contribution in [1.29, 1.82) is 0 Å². The lowest BCUT2D eigenvalue weighted by molar-refractivity contribution is -0.153. The summed E-state index contributed by atoms with van der Waals surface area (Å²) in [5.41, 5.74) is 0.575. The fourth-order valence-electron chi connectivity index (χ4n) is 3.84. The molecule has 2 fully saturated rings. The zero-order chi connectivity index (χ0) is 17.1. The number of carboxylic acids is 1. The number of benzene rings is 1. The maximum absolute atomic E-state index is 13.3. The van der Waals surface area contributed by atoms with Gasteiger partial charge in [-0.05, 0) is 56.5 Å². The van der Waals surface area contributed by atoms with Crippen LogP contribution in [0.1, 0.15) is 31.2 Å². The summed E-state index contributed by atoms with van der Waals surface area (Å²) in [6.07, 6.45) is 3.64. The number of carbonyl (C=O) groups is 2. The Morgan fingerprint density at radius 1 is 1.21 bits per heavy atom. The maximum Gasteiger partial charge on any atom is 0.326 e. The highest BCUT2D eigenvalue weighted by molar-refractivity contribution is 5.85. The predicted octanol–water partition coefficient (Wildman–Crippen LogP) is 1.91. The van der Waals surface area contributed by atoms with Crippen LogP contribution >= 0.6 is 0 Å². The van der Waals surface area contributed by atoms with Crippen LogP contribution in [0.4, 0.5) is 4.39 Å². The molecule has 2 aliphatic rings. The number of nitrogens with zero attached hydrogens (tertiary/aromatic N) is 2. The van der Waals surface area contributed by atoms with Crippen LogP contribution in [-0.4, -0.2) is 58.5 Å². The van der Waals surface area contributed by atoms with Crippen LogP contribution in [0.5, 0.6) is 0 Å². The summed E-state index contributed by atoms with van der Waals surface area (Å²) in [6.45, 7) is 2.49. The van der Waals surface area contributed by atoms with Gasteiger partial charge in [0.25, 0.3) is 0 Å². The largest absolute Gasteiger partial charge is 0.480 e. The Kier molecular flexibility index (Phi) is 5.14. The molecule has 130 valence electrons. The normalized spacial score (nSPS) is 25.0. The molecule has 2 heterocycles. The number of halogens is 1. The first-order valence-corrected chi connectivity index (χ1v) is 8.55. The molecule has 0 bridgehead atoms. The van der Waals surface area contributed by atoms with E-state index in [1.807, 2.05) is 0 Å². The van der Waals surface area contributed by atoms with Crippen LogP contribution in [0.25, 0.3) is 0 Å². The first-order chi connectivity index (χ1) is 11.5. The number of hydrogen-bond donors (Lipinski definition) is 1. The molecule has 1 amide bonds. The Morgan fingerprint density at radius 3 is 2.62 bits per heavy atom. The molecule has 0 aliphatic carbocycles. The molecular weight excluding hydrogens is 311 g/mol. The number of hydrogen-bond acceptors (Lipinski definition) is 3. The van der Waals surface area contributed by atoms with Gasteiger partial charge in [0.1, 0.15) is 11.9 Å².